The number of anilines is 2. The van der Waals surface area contributed by atoms with Crippen molar-refractivity contribution in [3.63, 3.8) is 0 Å². The highest BCUT2D eigenvalue weighted by molar-refractivity contribution is 5.93. The van der Waals surface area contributed by atoms with Crippen LogP contribution in [0.25, 0.3) is 0 Å². The molecule has 0 aliphatic carbocycles. The third-order valence-corrected chi connectivity index (χ3v) is 3.26. The molecular weight excluding hydrogens is 311 g/mol. The van der Waals surface area contributed by atoms with Gasteiger partial charge in [-0.25, -0.2) is 4.39 Å². The zero-order valence-electron chi connectivity index (χ0n) is 13.3. The molecule has 2 rings (SSSR count). The first-order chi connectivity index (χ1) is 11.6. The van der Waals surface area contributed by atoms with Crippen LogP contribution in [0.3, 0.4) is 0 Å². The van der Waals surface area contributed by atoms with E-state index < -0.39 is 0 Å². The van der Waals surface area contributed by atoms with E-state index in [1.54, 1.807) is 36.4 Å². The number of methoxy groups -OCH3 is 1. The summed E-state index contributed by atoms with van der Waals surface area (Å²) in [4.78, 5) is 23.3. The van der Waals surface area contributed by atoms with Crippen molar-refractivity contribution in [3.05, 3.63) is 59.9 Å². The highest BCUT2D eigenvalue weighted by Crippen LogP contribution is 2.14. The average Bonchev–Trinajstić information content (AvgIpc) is 2.55. The van der Waals surface area contributed by atoms with Gasteiger partial charge in [0.1, 0.15) is 12.4 Å². The van der Waals surface area contributed by atoms with Crippen molar-refractivity contribution < 1.29 is 18.7 Å². The summed E-state index contributed by atoms with van der Waals surface area (Å²) >= 11 is 0. The molecule has 6 heteroatoms. The Balaban J connectivity index is 1.82. The van der Waals surface area contributed by atoms with Gasteiger partial charge in [-0.2, -0.15) is 0 Å². The van der Waals surface area contributed by atoms with Crippen LogP contribution in [0.5, 0.6) is 0 Å². The van der Waals surface area contributed by atoms with Gasteiger partial charge < -0.3 is 15.4 Å². The molecule has 0 aromatic heterocycles. The fourth-order valence-electron chi connectivity index (χ4n) is 2.14. The molecule has 2 aromatic carbocycles. The van der Waals surface area contributed by atoms with Gasteiger partial charge >= 0.3 is 0 Å². The number of amides is 2. The number of carbonyl (C=O) groups excluding carboxylic acids is 2. The molecule has 0 unspecified atom stereocenters. The third kappa shape index (κ3) is 5.81. The molecule has 24 heavy (non-hydrogen) atoms. The molecule has 0 saturated heterocycles. The van der Waals surface area contributed by atoms with Gasteiger partial charge in [-0.15, -0.1) is 0 Å². The van der Waals surface area contributed by atoms with E-state index in [-0.39, 0.29) is 30.7 Å². The predicted octanol–water partition coefficient (Wildman–Crippen LogP) is 2.98. The number of hydrogen-bond acceptors (Lipinski definition) is 3. The summed E-state index contributed by atoms with van der Waals surface area (Å²) in [6.45, 7) is -0.0153. The van der Waals surface area contributed by atoms with Crippen LogP contribution in [-0.4, -0.2) is 25.5 Å². The molecule has 2 amide bonds. The quantitative estimate of drug-likeness (QED) is 0.820. The van der Waals surface area contributed by atoms with Crippen molar-refractivity contribution >= 4 is 23.2 Å². The Morgan fingerprint density at radius 1 is 1.00 bits per heavy atom. The molecular formula is C18H19FN2O3. The Morgan fingerprint density at radius 2 is 1.62 bits per heavy atom. The van der Waals surface area contributed by atoms with Gasteiger partial charge in [0.05, 0.1) is 0 Å². The lowest BCUT2D eigenvalue weighted by atomic mass is 10.1. The van der Waals surface area contributed by atoms with E-state index in [2.05, 4.69) is 10.6 Å². The van der Waals surface area contributed by atoms with Gasteiger partial charge in [0.15, 0.2) is 0 Å². The molecule has 0 aliphatic rings. The van der Waals surface area contributed by atoms with Crippen molar-refractivity contribution in [1.29, 1.82) is 0 Å². The van der Waals surface area contributed by atoms with Gasteiger partial charge in [0.2, 0.25) is 11.8 Å². The number of hydrogen-bond donors (Lipinski definition) is 2. The summed E-state index contributed by atoms with van der Waals surface area (Å²) in [5.41, 5.74) is 2.03. The van der Waals surface area contributed by atoms with Gasteiger partial charge in [0, 0.05) is 24.9 Å². The standard InChI is InChI=1S/C18H19FN2O3/c1-24-12-18(23)21-16-8-6-15(7-9-16)20-17(22)10-5-13-3-2-4-14(19)11-13/h2-4,6-9,11H,5,10,12H2,1H3,(H,20,22)(H,21,23). The van der Waals surface area contributed by atoms with E-state index in [4.69, 9.17) is 4.74 Å². The lowest BCUT2D eigenvalue weighted by Crippen LogP contribution is -2.17. The number of halogens is 1. The fourth-order valence-corrected chi connectivity index (χ4v) is 2.14. The Hall–Kier alpha value is -2.73. The lowest BCUT2D eigenvalue weighted by molar-refractivity contribution is -0.119. The van der Waals surface area contributed by atoms with Crippen LogP contribution in [-0.2, 0) is 20.7 Å². The first kappa shape index (κ1) is 17.6. The second-order valence-corrected chi connectivity index (χ2v) is 5.24. The number of benzene rings is 2. The molecule has 0 saturated carbocycles. The van der Waals surface area contributed by atoms with Crippen LogP contribution in [0, 0.1) is 5.82 Å². The van der Waals surface area contributed by atoms with E-state index in [0.29, 0.717) is 17.8 Å². The fraction of sp³-hybridized carbons (Fsp3) is 0.222. The number of ether oxygens (including phenoxy) is 1. The van der Waals surface area contributed by atoms with Gasteiger partial charge in [-0.3, -0.25) is 9.59 Å². The maximum atomic E-state index is 13.1. The summed E-state index contributed by atoms with van der Waals surface area (Å²) in [7, 11) is 1.45. The van der Waals surface area contributed by atoms with Crippen molar-refractivity contribution in [1.82, 2.24) is 0 Å². The summed E-state index contributed by atoms with van der Waals surface area (Å²) in [5, 5.41) is 5.43. The second kappa shape index (κ2) is 8.79. The second-order valence-electron chi connectivity index (χ2n) is 5.24. The maximum Gasteiger partial charge on any atom is 0.250 e. The summed E-state index contributed by atoms with van der Waals surface area (Å²) in [6, 6.07) is 13.0. The lowest BCUT2D eigenvalue weighted by Gasteiger charge is -2.08. The highest BCUT2D eigenvalue weighted by Gasteiger charge is 2.05. The van der Waals surface area contributed by atoms with Crippen LogP contribution in [0.4, 0.5) is 15.8 Å². The molecule has 5 nitrogen and oxygen atoms in total. The maximum absolute atomic E-state index is 13.1. The van der Waals surface area contributed by atoms with Crippen molar-refractivity contribution in [2.45, 2.75) is 12.8 Å². The minimum atomic E-state index is -0.306. The molecule has 2 aromatic rings. The summed E-state index contributed by atoms with van der Waals surface area (Å²) < 4.78 is 17.8. The molecule has 0 spiro atoms. The number of carbonyl (C=O) groups is 2. The van der Waals surface area contributed by atoms with Crippen LogP contribution in [0.2, 0.25) is 0 Å². The molecule has 0 radical (unpaired) electrons. The van der Waals surface area contributed by atoms with Crippen molar-refractivity contribution in [3.8, 4) is 0 Å². The monoisotopic (exact) mass is 330 g/mol. The van der Waals surface area contributed by atoms with E-state index in [1.807, 2.05) is 0 Å². The number of rotatable bonds is 7. The SMILES string of the molecule is COCC(=O)Nc1ccc(NC(=O)CCc2cccc(F)c2)cc1. The normalized spacial score (nSPS) is 10.2. The largest absolute Gasteiger partial charge is 0.375 e. The van der Waals surface area contributed by atoms with Crippen molar-refractivity contribution in [2.24, 2.45) is 0 Å². The molecule has 0 aliphatic heterocycles. The van der Waals surface area contributed by atoms with Crippen LogP contribution >= 0.6 is 0 Å². The van der Waals surface area contributed by atoms with E-state index in [9.17, 15) is 14.0 Å². The van der Waals surface area contributed by atoms with E-state index in [0.717, 1.165) is 5.56 Å². The van der Waals surface area contributed by atoms with Crippen LogP contribution < -0.4 is 10.6 Å². The van der Waals surface area contributed by atoms with E-state index >= 15 is 0 Å². The van der Waals surface area contributed by atoms with Crippen LogP contribution in [0.1, 0.15) is 12.0 Å². The van der Waals surface area contributed by atoms with E-state index in [1.165, 1.54) is 19.2 Å². The molecule has 2 N–H and O–H groups in total. The Morgan fingerprint density at radius 3 is 2.21 bits per heavy atom. The first-order valence-electron chi connectivity index (χ1n) is 7.50. The van der Waals surface area contributed by atoms with Gasteiger partial charge in [-0.05, 0) is 48.4 Å². The van der Waals surface area contributed by atoms with Crippen molar-refractivity contribution in [2.75, 3.05) is 24.4 Å². The smallest absolute Gasteiger partial charge is 0.250 e. The average molecular weight is 330 g/mol. The van der Waals surface area contributed by atoms with Gasteiger partial charge in [-0.1, -0.05) is 12.1 Å². The Bertz CT molecular complexity index is 702. The number of aryl methyl sites for hydroxylation is 1. The molecule has 0 atom stereocenters. The minimum Gasteiger partial charge on any atom is -0.375 e. The first-order valence-corrected chi connectivity index (χ1v) is 7.50. The molecule has 0 heterocycles. The van der Waals surface area contributed by atoms with Gasteiger partial charge in [0.25, 0.3) is 0 Å². The zero-order chi connectivity index (χ0) is 17.4. The number of nitrogens with one attached hydrogen (secondary N) is 2. The third-order valence-electron chi connectivity index (χ3n) is 3.26. The zero-order valence-corrected chi connectivity index (χ0v) is 13.3. The molecule has 126 valence electrons. The van der Waals surface area contributed by atoms with Crippen LogP contribution in [0.15, 0.2) is 48.5 Å². The minimum absolute atomic E-state index is 0.0153. The summed E-state index contributed by atoms with van der Waals surface area (Å²) in [6.07, 6.45) is 0.727. The predicted molar refractivity (Wildman–Crippen MR) is 90.3 cm³/mol. The Kier molecular flexibility index (Phi) is 6.45. The molecule has 0 fully saturated rings. The Labute approximate surface area is 139 Å². The highest BCUT2D eigenvalue weighted by atomic mass is 19.1. The summed E-state index contributed by atoms with van der Waals surface area (Å²) in [5.74, 6) is -0.709. The topological polar surface area (TPSA) is 67.4 Å². The molecule has 0 bridgehead atoms.